The summed E-state index contributed by atoms with van der Waals surface area (Å²) < 4.78 is 11.5. The number of nitrogens with zero attached hydrogens (tertiary/aromatic N) is 2. The van der Waals surface area contributed by atoms with Crippen molar-refractivity contribution in [2.24, 2.45) is 10.4 Å². The van der Waals surface area contributed by atoms with Crippen molar-refractivity contribution in [2.75, 3.05) is 37.7 Å². The van der Waals surface area contributed by atoms with Crippen LogP contribution in [-0.2, 0) is 9.53 Å². The van der Waals surface area contributed by atoms with Crippen LogP contribution in [-0.4, -0.2) is 56.9 Å². The lowest BCUT2D eigenvalue weighted by Gasteiger charge is -2.61. The molecule has 1 aliphatic heterocycles. The highest BCUT2D eigenvalue weighted by atomic mass is 127. The summed E-state index contributed by atoms with van der Waals surface area (Å²) in [6, 6.07) is 8.14. The average Bonchev–Trinajstić information content (AvgIpc) is 2.70. The Morgan fingerprint density at radius 2 is 2.13 bits per heavy atom. The van der Waals surface area contributed by atoms with Gasteiger partial charge in [0, 0.05) is 37.7 Å². The summed E-state index contributed by atoms with van der Waals surface area (Å²) in [6.45, 7) is 7.19. The number of nitrogens with one attached hydrogen (secondary N) is 2. The summed E-state index contributed by atoms with van der Waals surface area (Å²) in [7, 11) is 0. The van der Waals surface area contributed by atoms with E-state index in [2.05, 4.69) is 24.5 Å². The zero-order valence-electron chi connectivity index (χ0n) is 18.6. The topological polar surface area (TPSA) is 75.2 Å². The van der Waals surface area contributed by atoms with Crippen molar-refractivity contribution < 1.29 is 14.3 Å². The third kappa shape index (κ3) is 4.94. The van der Waals surface area contributed by atoms with Crippen LogP contribution < -0.4 is 20.3 Å². The molecule has 2 atom stereocenters. The number of benzene rings is 1. The number of para-hydroxylation sites is 2. The van der Waals surface area contributed by atoms with E-state index in [4.69, 9.17) is 14.5 Å². The highest BCUT2D eigenvalue weighted by Crippen LogP contribution is 2.57. The van der Waals surface area contributed by atoms with Gasteiger partial charge in [0.1, 0.15) is 5.75 Å². The van der Waals surface area contributed by atoms with Crippen molar-refractivity contribution in [1.29, 1.82) is 0 Å². The fourth-order valence-corrected chi connectivity index (χ4v) is 4.94. The van der Waals surface area contributed by atoms with E-state index in [-0.39, 0.29) is 36.5 Å². The molecular weight excluding hydrogens is 507 g/mol. The second kappa shape index (κ2) is 10.8. The fraction of sp³-hybridized carbons (Fsp3) is 0.652. The zero-order valence-corrected chi connectivity index (χ0v) is 20.9. The molecule has 1 amide bonds. The van der Waals surface area contributed by atoms with Gasteiger partial charge in [0.25, 0.3) is 5.91 Å². The molecule has 7 nitrogen and oxygen atoms in total. The lowest BCUT2D eigenvalue weighted by Crippen LogP contribution is -2.68. The minimum Gasteiger partial charge on any atom is -0.482 e. The number of halogens is 1. The van der Waals surface area contributed by atoms with Gasteiger partial charge in [-0.3, -0.25) is 9.79 Å². The third-order valence-corrected chi connectivity index (χ3v) is 6.71. The average molecular weight is 542 g/mol. The molecule has 2 unspecified atom stereocenters. The maximum Gasteiger partial charge on any atom is 0.265 e. The summed E-state index contributed by atoms with van der Waals surface area (Å²) in [6.07, 6.45) is 6.03. The van der Waals surface area contributed by atoms with E-state index in [1.165, 1.54) is 19.3 Å². The molecule has 0 radical (unpaired) electrons. The minimum absolute atomic E-state index is 0. The largest absolute Gasteiger partial charge is 0.482 e. The highest BCUT2D eigenvalue weighted by molar-refractivity contribution is 14.0. The smallest absolute Gasteiger partial charge is 0.265 e. The molecule has 1 spiro atoms. The predicted octanol–water partition coefficient (Wildman–Crippen LogP) is 3.32. The van der Waals surface area contributed by atoms with Gasteiger partial charge < -0.3 is 25.0 Å². The van der Waals surface area contributed by atoms with Gasteiger partial charge in [-0.05, 0) is 51.7 Å². The second-order valence-electron chi connectivity index (χ2n) is 8.38. The second-order valence-corrected chi connectivity index (χ2v) is 8.38. The Kier molecular flexibility index (Phi) is 8.43. The van der Waals surface area contributed by atoms with Crippen LogP contribution in [0.4, 0.5) is 5.69 Å². The Morgan fingerprint density at radius 3 is 2.84 bits per heavy atom. The van der Waals surface area contributed by atoms with Crippen molar-refractivity contribution in [3.8, 4) is 5.75 Å². The molecule has 3 aliphatic rings. The quantitative estimate of drug-likeness (QED) is 0.228. The van der Waals surface area contributed by atoms with Crippen LogP contribution in [0.3, 0.4) is 0 Å². The number of carbonyl (C=O) groups is 1. The van der Waals surface area contributed by atoms with Crippen molar-refractivity contribution >= 4 is 41.5 Å². The lowest BCUT2D eigenvalue weighted by molar-refractivity contribution is -0.168. The van der Waals surface area contributed by atoms with Crippen LogP contribution in [0.2, 0.25) is 0 Å². The van der Waals surface area contributed by atoms with Gasteiger partial charge in [0.15, 0.2) is 12.6 Å². The van der Waals surface area contributed by atoms with E-state index in [1.54, 1.807) is 0 Å². The number of anilines is 1. The number of rotatable bonds is 8. The normalized spacial score (nSPS) is 23.7. The van der Waals surface area contributed by atoms with Crippen LogP contribution in [0.15, 0.2) is 29.3 Å². The molecular formula is C23H35IN4O3. The summed E-state index contributed by atoms with van der Waals surface area (Å²) in [4.78, 5) is 18.9. The van der Waals surface area contributed by atoms with Crippen LogP contribution in [0.1, 0.15) is 46.0 Å². The Labute approximate surface area is 202 Å². The van der Waals surface area contributed by atoms with Gasteiger partial charge in [-0.2, -0.15) is 0 Å². The molecule has 8 heteroatoms. The van der Waals surface area contributed by atoms with Crippen LogP contribution >= 0.6 is 24.0 Å². The van der Waals surface area contributed by atoms with Crippen LogP contribution in [0, 0.1) is 5.41 Å². The predicted molar refractivity (Wildman–Crippen MR) is 134 cm³/mol. The van der Waals surface area contributed by atoms with Crippen LogP contribution in [0.25, 0.3) is 0 Å². The number of guanidine groups is 1. The van der Waals surface area contributed by atoms with Crippen LogP contribution in [0.5, 0.6) is 5.75 Å². The van der Waals surface area contributed by atoms with E-state index < -0.39 is 0 Å². The molecule has 0 saturated heterocycles. The molecule has 0 bridgehead atoms. The number of ether oxygens (including phenoxy) is 2. The Morgan fingerprint density at radius 1 is 1.32 bits per heavy atom. The summed E-state index contributed by atoms with van der Waals surface area (Å²) in [5.74, 6) is 1.65. The Hall–Kier alpha value is -1.55. The van der Waals surface area contributed by atoms with E-state index in [0.717, 1.165) is 43.4 Å². The molecule has 4 rings (SSSR count). The van der Waals surface area contributed by atoms with E-state index >= 15 is 0 Å². The summed E-state index contributed by atoms with van der Waals surface area (Å²) in [5.41, 5.74) is 1.15. The SMILES string of the molecule is CCNC(=NCCCN1C(=O)COc2ccccc21)NC1CC(OCC)C12CCC2.I. The maximum atomic E-state index is 12.3. The van der Waals surface area contributed by atoms with Gasteiger partial charge in [-0.1, -0.05) is 18.6 Å². The first-order valence-corrected chi connectivity index (χ1v) is 11.4. The standard InChI is InChI=1S/C23H34N4O3.HI/c1-3-24-22(26-19-15-20(29-4-2)23(19)11-7-12-23)25-13-8-14-27-17-9-5-6-10-18(17)30-16-21(27)28;/h5-6,9-10,19-20H,3-4,7-8,11-16H2,1-2H3,(H2,24,25,26);1H. The molecule has 2 fully saturated rings. The molecule has 1 aromatic rings. The molecule has 0 aromatic heterocycles. The molecule has 31 heavy (non-hydrogen) atoms. The number of carbonyl (C=O) groups excluding carboxylic acids is 1. The molecule has 1 aromatic carbocycles. The van der Waals surface area contributed by atoms with Crippen molar-refractivity contribution in [3.05, 3.63) is 24.3 Å². The number of amides is 1. The Balaban J connectivity index is 0.00000272. The van der Waals surface area contributed by atoms with Gasteiger partial charge in [-0.25, -0.2) is 0 Å². The fourth-order valence-electron chi connectivity index (χ4n) is 4.94. The van der Waals surface area contributed by atoms with Gasteiger partial charge in [-0.15, -0.1) is 24.0 Å². The summed E-state index contributed by atoms with van der Waals surface area (Å²) >= 11 is 0. The number of hydrogen-bond donors (Lipinski definition) is 2. The minimum atomic E-state index is 0. The number of fused-ring (bicyclic) bond motifs is 1. The summed E-state index contributed by atoms with van der Waals surface area (Å²) in [5, 5.41) is 7.03. The highest BCUT2D eigenvalue weighted by Gasteiger charge is 2.59. The van der Waals surface area contributed by atoms with Crippen molar-refractivity contribution in [2.45, 2.75) is 58.1 Å². The van der Waals surface area contributed by atoms with Crippen molar-refractivity contribution in [3.63, 3.8) is 0 Å². The third-order valence-electron chi connectivity index (χ3n) is 6.71. The first-order chi connectivity index (χ1) is 14.7. The zero-order chi connectivity index (χ0) is 21.0. The van der Waals surface area contributed by atoms with Gasteiger partial charge in [0.05, 0.1) is 11.8 Å². The molecule has 2 saturated carbocycles. The molecule has 172 valence electrons. The van der Waals surface area contributed by atoms with E-state index in [1.807, 2.05) is 29.2 Å². The van der Waals surface area contributed by atoms with Gasteiger partial charge in [0.2, 0.25) is 0 Å². The monoisotopic (exact) mass is 542 g/mol. The number of hydrogen-bond acceptors (Lipinski definition) is 4. The van der Waals surface area contributed by atoms with E-state index in [9.17, 15) is 4.79 Å². The first kappa shape index (κ1) is 24.1. The van der Waals surface area contributed by atoms with Gasteiger partial charge >= 0.3 is 0 Å². The number of aliphatic imine (C=N–C) groups is 1. The first-order valence-electron chi connectivity index (χ1n) is 11.4. The lowest BCUT2D eigenvalue weighted by atomic mass is 9.51. The Bertz CT molecular complexity index is 784. The molecule has 1 heterocycles. The van der Waals surface area contributed by atoms with Crippen molar-refractivity contribution in [1.82, 2.24) is 10.6 Å². The van der Waals surface area contributed by atoms with E-state index in [0.29, 0.717) is 30.7 Å². The molecule has 2 aliphatic carbocycles. The molecule has 2 N–H and O–H groups in total. The maximum absolute atomic E-state index is 12.3.